The summed E-state index contributed by atoms with van der Waals surface area (Å²) in [4.78, 5) is 2.42. The van der Waals surface area contributed by atoms with Crippen LogP contribution in [-0.4, -0.2) is 36.6 Å². The third kappa shape index (κ3) is 4.13. The van der Waals surface area contributed by atoms with E-state index < -0.39 is 0 Å². The van der Waals surface area contributed by atoms with E-state index in [0.29, 0.717) is 5.41 Å². The molecule has 1 fully saturated rings. The molecule has 0 aromatic carbocycles. The number of likely N-dealkylation sites (tertiary alicyclic amines) is 1. The highest BCUT2D eigenvalue weighted by Crippen LogP contribution is 2.28. The van der Waals surface area contributed by atoms with E-state index in [9.17, 15) is 0 Å². The van der Waals surface area contributed by atoms with Gasteiger partial charge in [-0.3, -0.25) is 0 Å². The van der Waals surface area contributed by atoms with E-state index in [2.05, 4.69) is 25.7 Å². The van der Waals surface area contributed by atoms with Gasteiger partial charge >= 0.3 is 0 Å². The Kier molecular flexibility index (Phi) is 4.85. The van der Waals surface area contributed by atoms with Crippen molar-refractivity contribution < 1.29 is 0 Å². The summed E-state index contributed by atoms with van der Waals surface area (Å²) in [6.07, 6.45) is 1.21. The van der Waals surface area contributed by atoms with Crippen LogP contribution in [0.25, 0.3) is 0 Å². The number of hydrogen-bond donors (Lipinski definition) is 2. The number of rotatable bonds is 3. The van der Waals surface area contributed by atoms with E-state index in [-0.39, 0.29) is 17.9 Å². The van der Waals surface area contributed by atoms with Gasteiger partial charge in [0.05, 0.1) is 0 Å². The van der Waals surface area contributed by atoms with E-state index in [1.165, 1.54) is 6.42 Å². The van der Waals surface area contributed by atoms with Crippen LogP contribution >= 0.6 is 12.4 Å². The third-order valence-corrected chi connectivity index (χ3v) is 2.76. The maximum absolute atomic E-state index is 5.97. The second-order valence-corrected chi connectivity index (χ2v) is 5.46. The highest BCUT2D eigenvalue weighted by atomic mass is 35.5. The van der Waals surface area contributed by atoms with Crippen molar-refractivity contribution >= 4 is 12.4 Å². The van der Waals surface area contributed by atoms with Crippen LogP contribution < -0.4 is 11.5 Å². The van der Waals surface area contributed by atoms with Crippen molar-refractivity contribution in [3.8, 4) is 0 Å². The van der Waals surface area contributed by atoms with Crippen molar-refractivity contribution in [3.05, 3.63) is 0 Å². The van der Waals surface area contributed by atoms with Gasteiger partial charge in [0.15, 0.2) is 0 Å². The molecule has 0 aliphatic carbocycles. The van der Waals surface area contributed by atoms with Crippen molar-refractivity contribution in [3.63, 3.8) is 0 Å². The maximum atomic E-state index is 5.97. The van der Waals surface area contributed by atoms with E-state index >= 15 is 0 Å². The van der Waals surface area contributed by atoms with E-state index in [1.54, 1.807) is 0 Å². The first kappa shape index (κ1) is 14.2. The number of nitrogens with zero attached hydrogens (tertiary/aromatic N) is 1. The van der Waals surface area contributed by atoms with E-state index in [1.807, 2.05) is 0 Å². The smallest absolute Gasteiger partial charge is 0.0226 e. The fraction of sp³-hybridized carbons (Fsp3) is 1.00. The maximum Gasteiger partial charge on any atom is 0.0226 e. The SMILES string of the molecule is CC(C)(N)CN1CCC(C)(CN)C1.Cl. The third-order valence-electron chi connectivity index (χ3n) is 2.76. The zero-order chi connectivity index (χ0) is 10.1. The highest BCUT2D eigenvalue weighted by molar-refractivity contribution is 5.85. The molecule has 0 bridgehead atoms. The predicted molar refractivity (Wildman–Crippen MR) is 63.7 cm³/mol. The second kappa shape index (κ2) is 4.79. The van der Waals surface area contributed by atoms with Crippen LogP contribution in [0, 0.1) is 5.41 Å². The standard InChI is InChI=1S/C10H23N3.ClH/c1-9(2,12)7-13-5-4-10(3,6-11)8-13;/h4-8,11-12H2,1-3H3;1H. The molecule has 1 aliphatic heterocycles. The lowest BCUT2D eigenvalue weighted by molar-refractivity contribution is 0.239. The quantitative estimate of drug-likeness (QED) is 0.742. The summed E-state index contributed by atoms with van der Waals surface area (Å²) >= 11 is 0. The van der Waals surface area contributed by atoms with Crippen LogP contribution in [0.5, 0.6) is 0 Å². The Hall–Kier alpha value is 0.170. The van der Waals surface area contributed by atoms with Crippen LogP contribution in [0.4, 0.5) is 0 Å². The molecule has 1 heterocycles. The van der Waals surface area contributed by atoms with Gasteiger partial charge in [-0.15, -0.1) is 12.4 Å². The molecule has 1 atom stereocenters. The minimum Gasteiger partial charge on any atom is -0.330 e. The highest BCUT2D eigenvalue weighted by Gasteiger charge is 2.33. The lowest BCUT2D eigenvalue weighted by atomic mass is 9.90. The Labute approximate surface area is 93.6 Å². The summed E-state index contributed by atoms with van der Waals surface area (Å²) in [6.45, 7) is 10.4. The first-order valence-electron chi connectivity index (χ1n) is 5.06. The molecule has 0 saturated carbocycles. The normalized spacial score (nSPS) is 28.9. The topological polar surface area (TPSA) is 55.3 Å². The molecule has 4 heteroatoms. The van der Waals surface area contributed by atoms with Crippen LogP contribution in [0.3, 0.4) is 0 Å². The van der Waals surface area contributed by atoms with Crippen molar-refractivity contribution in [1.82, 2.24) is 4.90 Å². The Morgan fingerprint density at radius 1 is 1.43 bits per heavy atom. The molecule has 1 saturated heterocycles. The summed E-state index contributed by atoms with van der Waals surface area (Å²) in [5, 5.41) is 0. The lowest BCUT2D eigenvalue weighted by Gasteiger charge is -2.28. The first-order valence-corrected chi connectivity index (χ1v) is 5.06. The number of hydrogen-bond acceptors (Lipinski definition) is 3. The minimum atomic E-state index is -0.0835. The monoisotopic (exact) mass is 221 g/mol. The van der Waals surface area contributed by atoms with E-state index in [0.717, 1.165) is 26.2 Å². The zero-order valence-electron chi connectivity index (χ0n) is 9.55. The molecule has 0 spiro atoms. The molecule has 0 amide bonds. The zero-order valence-corrected chi connectivity index (χ0v) is 10.4. The fourth-order valence-electron chi connectivity index (χ4n) is 2.00. The van der Waals surface area contributed by atoms with Crippen LogP contribution in [-0.2, 0) is 0 Å². The molecular weight excluding hydrogens is 198 g/mol. The summed E-state index contributed by atoms with van der Waals surface area (Å²) in [5.74, 6) is 0. The lowest BCUT2D eigenvalue weighted by Crippen LogP contribution is -2.45. The van der Waals surface area contributed by atoms with Gasteiger partial charge in [-0.25, -0.2) is 0 Å². The molecule has 4 N–H and O–H groups in total. The molecule has 3 nitrogen and oxygen atoms in total. The van der Waals surface area contributed by atoms with Gasteiger partial charge in [0, 0.05) is 18.6 Å². The van der Waals surface area contributed by atoms with Crippen molar-refractivity contribution in [2.45, 2.75) is 32.7 Å². The Bertz CT molecular complexity index is 179. The first-order chi connectivity index (χ1) is 5.85. The summed E-state index contributed by atoms with van der Waals surface area (Å²) in [6, 6.07) is 0. The Balaban J connectivity index is 0.00000169. The van der Waals surface area contributed by atoms with Gasteiger partial charge in [0.1, 0.15) is 0 Å². The molecule has 0 aromatic heterocycles. The molecule has 1 unspecified atom stereocenters. The summed E-state index contributed by atoms with van der Waals surface area (Å²) in [5.41, 5.74) is 11.9. The van der Waals surface area contributed by atoms with Gasteiger partial charge in [0.25, 0.3) is 0 Å². The van der Waals surface area contributed by atoms with Crippen LogP contribution in [0.1, 0.15) is 27.2 Å². The molecule has 86 valence electrons. The average molecular weight is 222 g/mol. The number of halogens is 1. The largest absolute Gasteiger partial charge is 0.330 e. The van der Waals surface area contributed by atoms with E-state index in [4.69, 9.17) is 11.5 Å². The van der Waals surface area contributed by atoms with Crippen molar-refractivity contribution in [2.24, 2.45) is 16.9 Å². The van der Waals surface area contributed by atoms with Crippen molar-refractivity contribution in [2.75, 3.05) is 26.2 Å². The van der Waals surface area contributed by atoms with Crippen LogP contribution in [0.15, 0.2) is 0 Å². The van der Waals surface area contributed by atoms with Crippen LogP contribution in [0.2, 0.25) is 0 Å². The molecule has 0 radical (unpaired) electrons. The molecule has 14 heavy (non-hydrogen) atoms. The Morgan fingerprint density at radius 3 is 2.36 bits per heavy atom. The minimum absolute atomic E-state index is 0. The van der Waals surface area contributed by atoms with Gasteiger partial charge in [0.2, 0.25) is 0 Å². The number of nitrogens with two attached hydrogens (primary N) is 2. The average Bonchev–Trinajstić information content (AvgIpc) is 2.30. The van der Waals surface area contributed by atoms with Gasteiger partial charge in [-0.1, -0.05) is 6.92 Å². The fourth-order valence-corrected chi connectivity index (χ4v) is 2.00. The Morgan fingerprint density at radius 2 is 2.00 bits per heavy atom. The van der Waals surface area contributed by atoms with Gasteiger partial charge in [-0.05, 0) is 38.8 Å². The summed E-state index contributed by atoms with van der Waals surface area (Å²) < 4.78 is 0. The molecule has 1 rings (SSSR count). The molecule has 0 aromatic rings. The van der Waals surface area contributed by atoms with Gasteiger partial charge in [-0.2, -0.15) is 0 Å². The predicted octanol–water partition coefficient (Wildman–Crippen LogP) is 0.816. The van der Waals surface area contributed by atoms with Gasteiger partial charge < -0.3 is 16.4 Å². The second-order valence-electron chi connectivity index (χ2n) is 5.46. The summed E-state index contributed by atoms with van der Waals surface area (Å²) in [7, 11) is 0. The molecular formula is C10H24ClN3. The molecule has 1 aliphatic rings. The van der Waals surface area contributed by atoms with Crippen molar-refractivity contribution in [1.29, 1.82) is 0 Å².